The van der Waals surface area contributed by atoms with Gasteiger partial charge in [0.05, 0.1) is 18.4 Å². The van der Waals surface area contributed by atoms with Crippen molar-refractivity contribution >= 4 is 5.97 Å². The number of aliphatic carboxylic acids is 1. The van der Waals surface area contributed by atoms with Crippen LogP contribution in [0.25, 0.3) is 0 Å². The van der Waals surface area contributed by atoms with Crippen LogP contribution in [-0.2, 0) is 14.3 Å². The van der Waals surface area contributed by atoms with E-state index in [2.05, 4.69) is 0 Å². The lowest BCUT2D eigenvalue weighted by molar-refractivity contribution is -0.152. The average Bonchev–Trinajstić information content (AvgIpc) is 2.04. The smallest absolute Gasteiger partial charge is 0.337 e. The van der Waals surface area contributed by atoms with E-state index in [4.69, 9.17) is 14.6 Å². The molecule has 1 atom stereocenters. The van der Waals surface area contributed by atoms with E-state index in [1.165, 1.54) is 6.26 Å². The van der Waals surface area contributed by atoms with E-state index >= 15 is 0 Å². The molecule has 0 saturated carbocycles. The quantitative estimate of drug-likeness (QED) is 0.674. The lowest BCUT2D eigenvalue weighted by Crippen LogP contribution is -2.28. The molecule has 68 valence electrons. The predicted octanol–water partition coefficient (Wildman–Crippen LogP) is 0.984. The Bertz CT molecular complexity index is 207. The Morgan fingerprint density at radius 2 is 2.42 bits per heavy atom. The van der Waals surface area contributed by atoms with Crippen LogP contribution in [0.1, 0.15) is 13.8 Å². The van der Waals surface area contributed by atoms with Gasteiger partial charge in [-0.25, -0.2) is 4.79 Å². The number of hydrogen-bond donors (Lipinski definition) is 1. The highest BCUT2D eigenvalue weighted by atomic mass is 16.7. The van der Waals surface area contributed by atoms with Crippen molar-refractivity contribution in [3.8, 4) is 0 Å². The Kier molecular flexibility index (Phi) is 2.70. The highest BCUT2D eigenvalue weighted by Gasteiger charge is 2.21. The predicted molar refractivity (Wildman–Crippen MR) is 41.4 cm³/mol. The highest BCUT2D eigenvalue weighted by molar-refractivity contribution is 5.86. The van der Waals surface area contributed by atoms with Crippen molar-refractivity contribution in [1.82, 2.24) is 0 Å². The van der Waals surface area contributed by atoms with E-state index in [1.807, 2.05) is 13.8 Å². The Hall–Kier alpha value is -1.03. The van der Waals surface area contributed by atoms with Crippen LogP contribution in [-0.4, -0.2) is 24.0 Å². The molecular formula is C8H12O4. The van der Waals surface area contributed by atoms with Crippen molar-refractivity contribution in [2.24, 2.45) is 5.92 Å². The minimum Gasteiger partial charge on any atom is -0.478 e. The van der Waals surface area contributed by atoms with E-state index in [-0.39, 0.29) is 24.4 Å². The monoisotopic (exact) mass is 172 g/mol. The number of hydrogen-bond acceptors (Lipinski definition) is 3. The highest BCUT2D eigenvalue weighted by Crippen LogP contribution is 2.15. The van der Waals surface area contributed by atoms with Gasteiger partial charge >= 0.3 is 5.97 Å². The lowest BCUT2D eigenvalue weighted by atomic mass is 10.2. The SMILES string of the molecule is CC(C)C1OC=C(C(=O)O)CO1. The fourth-order valence-electron chi connectivity index (χ4n) is 0.856. The van der Waals surface area contributed by atoms with Gasteiger partial charge in [-0.05, 0) is 0 Å². The van der Waals surface area contributed by atoms with Crippen molar-refractivity contribution in [1.29, 1.82) is 0 Å². The van der Waals surface area contributed by atoms with Gasteiger partial charge in [0.25, 0.3) is 0 Å². The molecule has 0 aromatic heterocycles. The molecule has 1 unspecified atom stereocenters. The minimum atomic E-state index is -0.989. The summed E-state index contributed by atoms with van der Waals surface area (Å²) in [5.74, 6) is -0.756. The third-order valence-corrected chi connectivity index (χ3v) is 1.57. The first-order valence-electron chi connectivity index (χ1n) is 3.80. The fourth-order valence-corrected chi connectivity index (χ4v) is 0.856. The van der Waals surface area contributed by atoms with Crippen LogP contribution in [0.5, 0.6) is 0 Å². The molecule has 0 saturated heterocycles. The molecule has 12 heavy (non-hydrogen) atoms. The maximum Gasteiger partial charge on any atom is 0.337 e. The van der Waals surface area contributed by atoms with Crippen molar-refractivity contribution in [3.05, 3.63) is 11.8 Å². The van der Waals surface area contributed by atoms with Crippen LogP contribution in [0.15, 0.2) is 11.8 Å². The maximum absolute atomic E-state index is 10.4. The number of rotatable bonds is 2. The summed E-state index contributed by atoms with van der Waals surface area (Å²) in [6.45, 7) is 4.02. The number of carbonyl (C=O) groups is 1. The largest absolute Gasteiger partial charge is 0.478 e. The van der Waals surface area contributed by atoms with Crippen LogP contribution in [0, 0.1) is 5.92 Å². The van der Waals surface area contributed by atoms with E-state index in [9.17, 15) is 4.79 Å². The molecule has 0 aromatic carbocycles. The molecule has 0 radical (unpaired) electrons. The molecule has 4 heteroatoms. The molecule has 1 heterocycles. The summed E-state index contributed by atoms with van der Waals surface area (Å²) < 4.78 is 10.2. The Morgan fingerprint density at radius 1 is 1.75 bits per heavy atom. The lowest BCUT2D eigenvalue weighted by Gasteiger charge is -2.24. The van der Waals surface area contributed by atoms with Crippen molar-refractivity contribution in [2.75, 3.05) is 6.61 Å². The molecule has 0 fully saturated rings. The number of carboxylic acids is 1. The van der Waals surface area contributed by atoms with Gasteiger partial charge in [-0.15, -0.1) is 0 Å². The van der Waals surface area contributed by atoms with Gasteiger partial charge in [0.1, 0.15) is 0 Å². The molecule has 0 aliphatic carbocycles. The maximum atomic E-state index is 10.4. The number of ether oxygens (including phenoxy) is 2. The standard InChI is InChI=1S/C8H12O4/c1-5(2)8-11-3-6(4-12-8)7(9)10/h3,5,8H,4H2,1-2H3,(H,9,10). The second-order valence-electron chi connectivity index (χ2n) is 3.01. The second kappa shape index (κ2) is 3.58. The minimum absolute atomic E-state index is 0.123. The zero-order valence-corrected chi connectivity index (χ0v) is 7.11. The summed E-state index contributed by atoms with van der Waals surface area (Å²) in [5.41, 5.74) is 0.159. The summed E-state index contributed by atoms with van der Waals surface area (Å²) in [5, 5.41) is 8.53. The summed E-state index contributed by atoms with van der Waals surface area (Å²) in [4.78, 5) is 10.4. The summed E-state index contributed by atoms with van der Waals surface area (Å²) >= 11 is 0. The third kappa shape index (κ3) is 1.98. The topological polar surface area (TPSA) is 55.8 Å². The Labute approximate surface area is 70.8 Å². The molecule has 1 N–H and O–H groups in total. The van der Waals surface area contributed by atoms with Gasteiger partial charge in [-0.3, -0.25) is 0 Å². The van der Waals surface area contributed by atoms with Gasteiger partial charge in [-0.1, -0.05) is 13.8 Å². The molecule has 0 amide bonds. The van der Waals surface area contributed by atoms with E-state index in [0.717, 1.165) is 0 Å². The molecule has 1 aliphatic rings. The molecule has 0 bridgehead atoms. The summed E-state index contributed by atoms with van der Waals surface area (Å²) in [6.07, 6.45) is 0.948. The average molecular weight is 172 g/mol. The van der Waals surface area contributed by atoms with Gasteiger partial charge in [0, 0.05) is 5.92 Å². The second-order valence-corrected chi connectivity index (χ2v) is 3.01. The first kappa shape index (κ1) is 9.06. The summed E-state index contributed by atoms with van der Waals surface area (Å²) in [6, 6.07) is 0. The normalized spacial score (nSPS) is 23.2. The van der Waals surface area contributed by atoms with Crippen LogP contribution in [0.3, 0.4) is 0 Å². The van der Waals surface area contributed by atoms with Crippen LogP contribution < -0.4 is 0 Å². The molecule has 1 rings (SSSR count). The van der Waals surface area contributed by atoms with Crippen LogP contribution in [0.4, 0.5) is 0 Å². The van der Waals surface area contributed by atoms with E-state index in [1.54, 1.807) is 0 Å². The zero-order valence-electron chi connectivity index (χ0n) is 7.11. The molecule has 4 nitrogen and oxygen atoms in total. The van der Waals surface area contributed by atoms with Crippen LogP contribution >= 0.6 is 0 Å². The third-order valence-electron chi connectivity index (χ3n) is 1.57. The Morgan fingerprint density at radius 3 is 2.75 bits per heavy atom. The van der Waals surface area contributed by atoms with Gasteiger partial charge in [0.15, 0.2) is 0 Å². The molecule has 0 aromatic rings. The van der Waals surface area contributed by atoms with Crippen LogP contribution in [0.2, 0.25) is 0 Å². The van der Waals surface area contributed by atoms with Gasteiger partial charge in [0.2, 0.25) is 6.29 Å². The molecule has 0 spiro atoms. The molecular weight excluding hydrogens is 160 g/mol. The molecule has 1 aliphatic heterocycles. The van der Waals surface area contributed by atoms with Crippen molar-refractivity contribution in [2.45, 2.75) is 20.1 Å². The summed E-state index contributed by atoms with van der Waals surface area (Å²) in [7, 11) is 0. The van der Waals surface area contributed by atoms with Crippen molar-refractivity contribution in [3.63, 3.8) is 0 Å². The van der Waals surface area contributed by atoms with Gasteiger partial charge in [-0.2, -0.15) is 0 Å². The van der Waals surface area contributed by atoms with Gasteiger partial charge < -0.3 is 14.6 Å². The van der Waals surface area contributed by atoms with E-state index < -0.39 is 5.97 Å². The first-order chi connectivity index (χ1) is 5.61. The van der Waals surface area contributed by atoms with E-state index in [0.29, 0.717) is 0 Å². The first-order valence-corrected chi connectivity index (χ1v) is 3.80. The Balaban J connectivity index is 2.53. The van der Waals surface area contributed by atoms with Crippen molar-refractivity contribution < 1.29 is 19.4 Å². The fraction of sp³-hybridized carbons (Fsp3) is 0.625. The zero-order chi connectivity index (χ0) is 9.14. The number of carboxylic acid groups (broad SMARTS) is 1.